The van der Waals surface area contributed by atoms with Crippen molar-refractivity contribution in [2.45, 2.75) is 32.8 Å². The van der Waals surface area contributed by atoms with Crippen molar-refractivity contribution in [2.24, 2.45) is 0 Å². The quantitative estimate of drug-likeness (QED) is 0.826. The van der Waals surface area contributed by atoms with E-state index in [9.17, 15) is 9.90 Å². The molecule has 1 aliphatic rings. The summed E-state index contributed by atoms with van der Waals surface area (Å²) in [5.74, 6) is 5.97. The summed E-state index contributed by atoms with van der Waals surface area (Å²) in [7, 11) is 0. The van der Waals surface area contributed by atoms with Crippen molar-refractivity contribution in [2.75, 3.05) is 31.1 Å². The molecule has 1 amide bonds. The van der Waals surface area contributed by atoms with Gasteiger partial charge in [0, 0.05) is 43.8 Å². The second kappa shape index (κ2) is 7.85. The highest BCUT2D eigenvalue weighted by atomic mass is 16.4. The van der Waals surface area contributed by atoms with Crippen LogP contribution in [0.5, 0.6) is 0 Å². The zero-order valence-electron chi connectivity index (χ0n) is 16.0. The Morgan fingerprint density at radius 2 is 2.04 bits per heavy atom. The largest absolute Gasteiger partial charge is 0.443 e. The van der Waals surface area contributed by atoms with Crippen LogP contribution in [0.15, 0.2) is 34.9 Å². The minimum absolute atomic E-state index is 0.126. The lowest BCUT2D eigenvalue weighted by atomic mass is 10.1. The maximum atomic E-state index is 12.8. The van der Waals surface area contributed by atoms with Crippen LogP contribution in [-0.4, -0.2) is 52.7 Å². The molecule has 0 spiro atoms. The van der Waals surface area contributed by atoms with Gasteiger partial charge in [-0.15, -0.1) is 0 Å². The molecule has 2 aromatic heterocycles. The highest BCUT2D eigenvalue weighted by Crippen LogP contribution is 2.18. The van der Waals surface area contributed by atoms with Crippen LogP contribution < -0.4 is 4.90 Å². The van der Waals surface area contributed by atoms with E-state index in [1.807, 2.05) is 24.1 Å². The van der Waals surface area contributed by atoms with Crippen LogP contribution in [0.25, 0.3) is 0 Å². The average molecular weight is 367 g/mol. The molecule has 27 heavy (non-hydrogen) atoms. The van der Waals surface area contributed by atoms with Gasteiger partial charge >= 0.3 is 0 Å². The number of aromatic nitrogens is 1. The third-order valence-electron chi connectivity index (χ3n) is 4.34. The Morgan fingerprint density at radius 1 is 1.22 bits per heavy atom. The number of anilines is 1. The van der Waals surface area contributed by atoms with E-state index in [4.69, 9.17) is 4.42 Å². The van der Waals surface area contributed by atoms with Gasteiger partial charge < -0.3 is 19.3 Å². The van der Waals surface area contributed by atoms with Gasteiger partial charge in [0.15, 0.2) is 11.5 Å². The number of nitrogens with zero attached hydrogens (tertiary/aromatic N) is 3. The number of aryl methyl sites for hydroxylation is 1. The van der Waals surface area contributed by atoms with Crippen LogP contribution in [0.1, 0.15) is 42.3 Å². The molecular formula is C21H25N3O3. The van der Waals surface area contributed by atoms with Gasteiger partial charge in [0.2, 0.25) is 0 Å². The second-order valence-electron chi connectivity index (χ2n) is 7.26. The molecule has 0 bridgehead atoms. The summed E-state index contributed by atoms with van der Waals surface area (Å²) < 4.78 is 5.56. The number of amides is 1. The highest BCUT2D eigenvalue weighted by molar-refractivity contribution is 5.91. The van der Waals surface area contributed by atoms with Crippen molar-refractivity contribution in [1.29, 1.82) is 0 Å². The lowest BCUT2D eigenvalue weighted by Crippen LogP contribution is -2.35. The summed E-state index contributed by atoms with van der Waals surface area (Å²) in [6, 6.07) is 7.38. The van der Waals surface area contributed by atoms with Crippen molar-refractivity contribution in [1.82, 2.24) is 9.88 Å². The lowest BCUT2D eigenvalue weighted by Gasteiger charge is -2.23. The monoisotopic (exact) mass is 367 g/mol. The molecule has 0 saturated carbocycles. The van der Waals surface area contributed by atoms with Crippen molar-refractivity contribution in [3.63, 3.8) is 0 Å². The summed E-state index contributed by atoms with van der Waals surface area (Å²) in [6.07, 6.45) is 2.71. The third kappa shape index (κ3) is 5.11. The standard InChI is InChI=1S/C21H25N3O3/c1-16-15-17(8-10-22-16)23-11-4-12-24(14-13-23)20(25)19-6-5-18(27-19)7-9-21(2,3)26/h5-6,8,10,15,26H,4,11-14H2,1-3H3. The maximum absolute atomic E-state index is 12.8. The van der Waals surface area contributed by atoms with E-state index >= 15 is 0 Å². The maximum Gasteiger partial charge on any atom is 0.289 e. The first-order valence-corrected chi connectivity index (χ1v) is 9.14. The fraction of sp³-hybridized carbons (Fsp3) is 0.429. The van der Waals surface area contributed by atoms with Gasteiger partial charge in [-0.3, -0.25) is 9.78 Å². The average Bonchev–Trinajstić information content (AvgIpc) is 2.95. The van der Waals surface area contributed by atoms with Gasteiger partial charge in [-0.05, 0) is 57.4 Å². The van der Waals surface area contributed by atoms with Crippen LogP contribution in [0.2, 0.25) is 0 Å². The smallest absolute Gasteiger partial charge is 0.289 e. The number of rotatable bonds is 2. The Morgan fingerprint density at radius 3 is 2.78 bits per heavy atom. The fourth-order valence-corrected chi connectivity index (χ4v) is 3.00. The number of hydrogen-bond donors (Lipinski definition) is 1. The number of hydrogen-bond acceptors (Lipinski definition) is 5. The van der Waals surface area contributed by atoms with E-state index in [1.165, 1.54) is 0 Å². The predicted octanol–water partition coefficient (Wildman–Crippen LogP) is 2.46. The van der Waals surface area contributed by atoms with Crippen LogP contribution in [0.4, 0.5) is 5.69 Å². The SMILES string of the molecule is Cc1cc(N2CCCN(C(=O)c3ccc(C#CC(C)(C)O)o3)CC2)ccn1. The summed E-state index contributed by atoms with van der Waals surface area (Å²) in [5.41, 5.74) is 1.02. The Hall–Kier alpha value is -2.78. The van der Waals surface area contributed by atoms with Crippen LogP contribution in [0.3, 0.4) is 0 Å². The van der Waals surface area contributed by atoms with Gasteiger partial charge in [-0.2, -0.15) is 0 Å². The Balaban J connectivity index is 1.66. The molecule has 0 radical (unpaired) electrons. The van der Waals surface area contributed by atoms with E-state index < -0.39 is 5.60 Å². The highest BCUT2D eigenvalue weighted by Gasteiger charge is 2.23. The van der Waals surface area contributed by atoms with Gasteiger partial charge in [-0.25, -0.2) is 0 Å². The zero-order chi connectivity index (χ0) is 19.4. The molecule has 3 heterocycles. The molecule has 0 atom stereocenters. The molecule has 1 N–H and O–H groups in total. The minimum Gasteiger partial charge on any atom is -0.443 e. The molecule has 6 heteroatoms. The predicted molar refractivity (Wildman–Crippen MR) is 104 cm³/mol. The molecule has 0 unspecified atom stereocenters. The number of furan rings is 1. The van der Waals surface area contributed by atoms with Crippen LogP contribution in [0, 0.1) is 18.8 Å². The topological polar surface area (TPSA) is 69.8 Å². The Labute approximate surface area is 159 Å². The van der Waals surface area contributed by atoms with E-state index in [2.05, 4.69) is 27.8 Å². The summed E-state index contributed by atoms with van der Waals surface area (Å²) in [4.78, 5) is 21.1. The summed E-state index contributed by atoms with van der Waals surface area (Å²) in [6.45, 7) is 8.16. The van der Waals surface area contributed by atoms with Crippen molar-refractivity contribution in [3.8, 4) is 11.8 Å². The summed E-state index contributed by atoms with van der Waals surface area (Å²) in [5, 5.41) is 9.67. The van der Waals surface area contributed by atoms with Crippen molar-refractivity contribution < 1.29 is 14.3 Å². The van der Waals surface area contributed by atoms with E-state index in [1.54, 1.807) is 26.0 Å². The molecule has 0 aromatic carbocycles. The molecule has 3 rings (SSSR count). The molecule has 6 nitrogen and oxygen atoms in total. The van der Waals surface area contributed by atoms with E-state index in [-0.39, 0.29) is 11.7 Å². The van der Waals surface area contributed by atoms with Crippen molar-refractivity contribution in [3.05, 3.63) is 47.7 Å². The zero-order valence-corrected chi connectivity index (χ0v) is 16.0. The first kappa shape index (κ1) is 19.0. The Bertz CT molecular complexity index is 871. The molecule has 142 valence electrons. The second-order valence-corrected chi connectivity index (χ2v) is 7.26. The number of carbonyl (C=O) groups excluding carboxylic acids is 1. The minimum atomic E-state index is -1.10. The summed E-state index contributed by atoms with van der Waals surface area (Å²) >= 11 is 0. The third-order valence-corrected chi connectivity index (χ3v) is 4.34. The molecule has 0 aliphatic carbocycles. The number of pyridine rings is 1. The van der Waals surface area contributed by atoms with Gasteiger partial charge in [0.05, 0.1) is 0 Å². The van der Waals surface area contributed by atoms with Gasteiger partial charge in [-0.1, -0.05) is 5.92 Å². The van der Waals surface area contributed by atoms with Gasteiger partial charge in [0.25, 0.3) is 5.91 Å². The molecule has 1 fully saturated rings. The normalized spacial score (nSPS) is 15.1. The first-order chi connectivity index (χ1) is 12.8. The Kier molecular flexibility index (Phi) is 5.52. The number of aliphatic hydroxyl groups is 1. The van der Waals surface area contributed by atoms with E-state index in [0.717, 1.165) is 30.9 Å². The van der Waals surface area contributed by atoms with Gasteiger partial charge in [0.1, 0.15) is 5.60 Å². The van der Waals surface area contributed by atoms with Crippen LogP contribution in [-0.2, 0) is 0 Å². The molecule has 1 aliphatic heterocycles. The lowest BCUT2D eigenvalue weighted by molar-refractivity contribution is 0.0734. The first-order valence-electron chi connectivity index (χ1n) is 9.14. The molecule has 1 saturated heterocycles. The fourth-order valence-electron chi connectivity index (χ4n) is 3.00. The number of carbonyl (C=O) groups is 1. The van der Waals surface area contributed by atoms with Crippen molar-refractivity contribution >= 4 is 11.6 Å². The van der Waals surface area contributed by atoms with Crippen LogP contribution >= 0.6 is 0 Å². The molecular weight excluding hydrogens is 342 g/mol. The molecule has 2 aromatic rings. The van der Waals surface area contributed by atoms with E-state index in [0.29, 0.717) is 18.8 Å².